The molecule has 0 aliphatic carbocycles. The van der Waals surface area contributed by atoms with Crippen molar-refractivity contribution >= 4 is 28.2 Å². The van der Waals surface area contributed by atoms with E-state index in [2.05, 4.69) is 21.3 Å². The van der Waals surface area contributed by atoms with Gasteiger partial charge in [-0.2, -0.15) is 0 Å². The lowest BCUT2D eigenvalue weighted by atomic mass is 10.1. The molecular weight excluding hydrogens is 364 g/mol. The van der Waals surface area contributed by atoms with E-state index in [-0.39, 0.29) is 11.8 Å². The number of carbonyl (C=O) groups is 1. The van der Waals surface area contributed by atoms with Crippen LogP contribution in [0.1, 0.15) is 41.8 Å². The molecule has 3 N–H and O–H groups in total. The number of aromatic amines is 1. The molecule has 6 nitrogen and oxygen atoms in total. The van der Waals surface area contributed by atoms with Crippen molar-refractivity contribution in [2.75, 3.05) is 20.6 Å². The molecule has 0 fully saturated rings. The molecule has 0 saturated carbocycles. The molecule has 2 aromatic carbocycles. The number of benzene rings is 2. The van der Waals surface area contributed by atoms with Gasteiger partial charge in [-0.3, -0.25) is 9.79 Å². The molecule has 0 unspecified atom stereocenters. The molecule has 0 aliphatic heterocycles. The van der Waals surface area contributed by atoms with Crippen LogP contribution in [0.4, 0.5) is 5.69 Å². The highest BCUT2D eigenvalue weighted by molar-refractivity contribution is 6.13. The summed E-state index contributed by atoms with van der Waals surface area (Å²) < 4.78 is 0. The van der Waals surface area contributed by atoms with Crippen LogP contribution in [0.3, 0.4) is 0 Å². The molecule has 0 spiro atoms. The SMILES string of the molecule is CCCNC(=O)c1ccc2[nH]c(O)c(C(C)=Nc3cccc(CN(C)C)c3)c2c1. The minimum absolute atomic E-state index is 0.0526. The predicted molar refractivity (Wildman–Crippen MR) is 118 cm³/mol. The molecule has 3 rings (SSSR count). The maximum atomic E-state index is 12.3. The topological polar surface area (TPSA) is 80.7 Å². The van der Waals surface area contributed by atoms with E-state index in [1.807, 2.05) is 52.2 Å². The van der Waals surface area contributed by atoms with Crippen LogP contribution in [-0.4, -0.2) is 47.2 Å². The number of H-pyrrole nitrogens is 1. The monoisotopic (exact) mass is 392 g/mol. The second-order valence-corrected chi connectivity index (χ2v) is 7.47. The Kier molecular flexibility index (Phi) is 6.34. The first-order valence-electron chi connectivity index (χ1n) is 9.81. The van der Waals surface area contributed by atoms with Crippen LogP contribution in [0, 0.1) is 0 Å². The van der Waals surface area contributed by atoms with Gasteiger partial charge in [0.15, 0.2) is 5.88 Å². The van der Waals surface area contributed by atoms with Crippen molar-refractivity contribution in [1.29, 1.82) is 0 Å². The van der Waals surface area contributed by atoms with Crippen molar-refractivity contribution in [3.8, 4) is 5.88 Å². The highest BCUT2D eigenvalue weighted by atomic mass is 16.3. The minimum atomic E-state index is -0.119. The van der Waals surface area contributed by atoms with Gasteiger partial charge in [0, 0.05) is 29.6 Å². The van der Waals surface area contributed by atoms with E-state index in [1.165, 1.54) is 5.56 Å². The highest BCUT2D eigenvalue weighted by Crippen LogP contribution is 2.30. The third-order valence-corrected chi connectivity index (χ3v) is 4.64. The number of carbonyl (C=O) groups excluding carboxylic acids is 1. The summed E-state index contributed by atoms with van der Waals surface area (Å²) >= 11 is 0. The molecule has 1 heterocycles. The standard InChI is InChI=1S/C23H28N4O2/c1-5-11-24-22(28)17-9-10-20-19(13-17)21(23(29)26-20)15(2)25-18-8-6-7-16(12-18)14-27(3)4/h6-10,12-13,26,29H,5,11,14H2,1-4H3,(H,24,28). The Hall–Kier alpha value is -3.12. The number of aliphatic imine (C=N–C) groups is 1. The molecule has 0 aliphatic rings. The van der Waals surface area contributed by atoms with Gasteiger partial charge in [-0.1, -0.05) is 19.1 Å². The molecule has 0 atom stereocenters. The van der Waals surface area contributed by atoms with Crippen molar-refractivity contribution in [3.05, 3.63) is 59.2 Å². The number of nitrogens with zero attached hydrogens (tertiary/aromatic N) is 2. The molecule has 29 heavy (non-hydrogen) atoms. The molecule has 0 radical (unpaired) electrons. The van der Waals surface area contributed by atoms with Crippen LogP contribution >= 0.6 is 0 Å². The zero-order valence-electron chi connectivity index (χ0n) is 17.4. The summed E-state index contributed by atoms with van der Waals surface area (Å²) in [5, 5.41) is 14.1. The second-order valence-electron chi connectivity index (χ2n) is 7.47. The summed E-state index contributed by atoms with van der Waals surface area (Å²) in [5.41, 5.74) is 4.62. The fourth-order valence-corrected chi connectivity index (χ4v) is 3.36. The van der Waals surface area contributed by atoms with Gasteiger partial charge in [-0.05, 0) is 63.3 Å². The van der Waals surface area contributed by atoms with Gasteiger partial charge in [0.2, 0.25) is 0 Å². The van der Waals surface area contributed by atoms with Crippen LogP contribution in [-0.2, 0) is 6.54 Å². The Bertz CT molecular complexity index is 1050. The lowest BCUT2D eigenvalue weighted by Gasteiger charge is -2.10. The van der Waals surface area contributed by atoms with Crippen molar-refractivity contribution < 1.29 is 9.90 Å². The number of nitrogens with one attached hydrogen (secondary N) is 2. The van der Waals surface area contributed by atoms with Crippen LogP contribution in [0.25, 0.3) is 10.9 Å². The summed E-state index contributed by atoms with van der Waals surface area (Å²) in [6.07, 6.45) is 0.878. The van der Waals surface area contributed by atoms with Crippen molar-refractivity contribution in [2.45, 2.75) is 26.8 Å². The normalized spacial score (nSPS) is 12.0. The quantitative estimate of drug-likeness (QED) is 0.527. The number of amides is 1. The maximum absolute atomic E-state index is 12.3. The molecule has 1 aromatic heterocycles. The maximum Gasteiger partial charge on any atom is 0.251 e. The molecule has 3 aromatic rings. The van der Waals surface area contributed by atoms with Gasteiger partial charge in [-0.15, -0.1) is 0 Å². The first-order chi connectivity index (χ1) is 13.9. The number of rotatable bonds is 7. The van der Waals surface area contributed by atoms with E-state index in [4.69, 9.17) is 4.99 Å². The average molecular weight is 393 g/mol. The summed E-state index contributed by atoms with van der Waals surface area (Å²) in [5.74, 6) is -0.0665. The third-order valence-electron chi connectivity index (χ3n) is 4.64. The number of hydrogen-bond donors (Lipinski definition) is 3. The van der Waals surface area contributed by atoms with E-state index in [0.717, 1.165) is 29.6 Å². The molecule has 0 saturated heterocycles. The largest absolute Gasteiger partial charge is 0.494 e. The molecule has 6 heteroatoms. The fourth-order valence-electron chi connectivity index (χ4n) is 3.36. The van der Waals surface area contributed by atoms with Gasteiger partial charge >= 0.3 is 0 Å². The Balaban J connectivity index is 1.98. The Morgan fingerprint density at radius 3 is 2.72 bits per heavy atom. The summed E-state index contributed by atoms with van der Waals surface area (Å²) in [4.78, 5) is 22.1. The van der Waals surface area contributed by atoms with E-state index in [9.17, 15) is 9.90 Å². The van der Waals surface area contributed by atoms with Gasteiger partial charge in [-0.25, -0.2) is 0 Å². The first-order valence-corrected chi connectivity index (χ1v) is 9.81. The second kappa shape index (κ2) is 8.92. The van der Waals surface area contributed by atoms with Crippen molar-refractivity contribution in [3.63, 3.8) is 0 Å². The molecule has 1 amide bonds. The number of aromatic hydroxyl groups is 1. The van der Waals surface area contributed by atoms with Crippen LogP contribution in [0.5, 0.6) is 5.88 Å². The first kappa shape index (κ1) is 20.6. The zero-order valence-corrected chi connectivity index (χ0v) is 17.4. The lowest BCUT2D eigenvalue weighted by Crippen LogP contribution is -2.23. The van der Waals surface area contributed by atoms with Crippen LogP contribution in [0.2, 0.25) is 0 Å². The lowest BCUT2D eigenvalue weighted by molar-refractivity contribution is 0.0954. The van der Waals surface area contributed by atoms with Gasteiger partial charge < -0.3 is 20.3 Å². The number of fused-ring (bicyclic) bond motifs is 1. The Morgan fingerprint density at radius 2 is 2.00 bits per heavy atom. The highest BCUT2D eigenvalue weighted by Gasteiger charge is 2.16. The van der Waals surface area contributed by atoms with Gasteiger partial charge in [0.25, 0.3) is 5.91 Å². The number of hydrogen-bond acceptors (Lipinski definition) is 4. The molecule has 152 valence electrons. The zero-order chi connectivity index (χ0) is 21.0. The van der Waals surface area contributed by atoms with Crippen molar-refractivity contribution in [1.82, 2.24) is 15.2 Å². The van der Waals surface area contributed by atoms with E-state index in [1.54, 1.807) is 12.1 Å². The van der Waals surface area contributed by atoms with E-state index < -0.39 is 0 Å². The fraction of sp³-hybridized carbons (Fsp3) is 0.304. The average Bonchev–Trinajstić information content (AvgIpc) is 3.00. The van der Waals surface area contributed by atoms with Crippen LogP contribution < -0.4 is 5.32 Å². The summed E-state index contributed by atoms with van der Waals surface area (Å²) in [6, 6.07) is 13.4. The van der Waals surface area contributed by atoms with Crippen LogP contribution in [0.15, 0.2) is 47.5 Å². The van der Waals surface area contributed by atoms with Crippen molar-refractivity contribution in [2.24, 2.45) is 4.99 Å². The predicted octanol–water partition coefficient (Wildman–Crippen LogP) is 4.22. The van der Waals surface area contributed by atoms with E-state index in [0.29, 0.717) is 23.4 Å². The third kappa shape index (κ3) is 4.84. The summed E-state index contributed by atoms with van der Waals surface area (Å²) in [7, 11) is 4.05. The van der Waals surface area contributed by atoms with E-state index >= 15 is 0 Å². The van der Waals surface area contributed by atoms with Gasteiger partial charge in [0.1, 0.15) is 0 Å². The number of aromatic nitrogens is 1. The summed E-state index contributed by atoms with van der Waals surface area (Å²) in [6.45, 7) is 5.34. The minimum Gasteiger partial charge on any atom is -0.494 e. The Labute approximate surface area is 171 Å². The van der Waals surface area contributed by atoms with Gasteiger partial charge in [0.05, 0.1) is 17.0 Å². The molecule has 0 bridgehead atoms. The Morgan fingerprint density at radius 1 is 1.21 bits per heavy atom. The molecular formula is C23H28N4O2. The smallest absolute Gasteiger partial charge is 0.251 e.